The maximum atomic E-state index is 12.8. The van der Waals surface area contributed by atoms with Crippen LogP contribution in [0.1, 0.15) is 21.5 Å². The molecule has 164 valence electrons. The lowest BCUT2D eigenvalue weighted by molar-refractivity contribution is 0.102. The van der Waals surface area contributed by atoms with Gasteiger partial charge in [-0.05, 0) is 48.0 Å². The molecule has 0 atom stereocenters. The predicted molar refractivity (Wildman–Crippen MR) is 122 cm³/mol. The first-order chi connectivity index (χ1) is 15.2. The molecule has 0 aliphatic rings. The molecular weight excluding hydrogens is 450 g/mol. The molecule has 0 spiro atoms. The number of anilines is 1. The van der Waals surface area contributed by atoms with E-state index < -0.39 is 15.9 Å². The summed E-state index contributed by atoms with van der Waals surface area (Å²) in [5, 5.41) is 11.8. The smallest absolute Gasteiger partial charge is 0.257 e. The number of carbonyl (C=O) groups excluding carboxylic acids is 1. The maximum absolute atomic E-state index is 12.8. The van der Waals surface area contributed by atoms with Crippen LogP contribution in [0.25, 0.3) is 0 Å². The molecule has 0 radical (unpaired) electrons. The molecule has 7 nitrogen and oxygen atoms in total. The van der Waals surface area contributed by atoms with Crippen LogP contribution >= 0.6 is 11.6 Å². The second-order valence-electron chi connectivity index (χ2n) is 7.01. The second kappa shape index (κ2) is 9.83. The molecule has 0 aliphatic heterocycles. The highest BCUT2D eigenvalue weighted by molar-refractivity contribution is 7.89. The number of nitrogens with zero attached hydrogens (tertiary/aromatic N) is 2. The highest BCUT2D eigenvalue weighted by Gasteiger charge is 2.21. The second-order valence-corrected chi connectivity index (χ2v) is 9.57. The fourth-order valence-electron chi connectivity index (χ4n) is 2.81. The van der Waals surface area contributed by atoms with Gasteiger partial charge in [0.15, 0.2) is 0 Å². The third-order valence-electron chi connectivity index (χ3n) is 4.51. The van der Waals surface area contributed by atoms with E-state index in [2.05, 4.69) is 11.4 Å². The monoisotopic (exact) mass is 469 g/mol. The average Bonchev–Trinajstić information content (AvgIpc) is 2.78. The molecule has 1 N–H and O–H groups in total. The molecule has 3 aromatic rings. The van der Waals surface area contributed by atoms with E-state index in [1.807, 2.05) is 6.07 Å². The number of ether oxygens (including phenoxy) is 1. The first-order valence-corrected chi connectivity index (χ1v) is 11.3. The normalized spacial score (nSPS) is 11.1. The molecule has 3 aromatic carbocycles. The van der Waals surface area contributed by atoms with Gasteiger partial charge >= 0.3 is 0 Å². The number of carbonyl (C=O) groups is 1. The average molecular weight is 470 g/mol. The summed E-state index contributed by atoms with van der Waals surface area (Å²) in [6, 6.07) is 19.9. The van der Waals surface area contributed by atoms with Gasteiger partial charge in [-0.3, -0.25) is 4.79 Å². The highest BCUT2D eigenvalue weighted by Crippen LogP contribution is 2.24. The fraction of sp³-hybridized carbons (Fsp3) is 0.130. The Morgan fingerprint density at radius 3 is 2.56 bits per heavy atom. The number of hydrogen-bond donors (Lipinski definition) is 1. The van der Waals surface area contributed by atoms with E-state index in [0.717, 1.165) is 9.87 Å². The van der Waals surface area contributed by atoms with Crippen LogP contribution < -0.4 is 10.1 Å². The van der Waals surface area contributed by atoms with Crippen molar-refractivity contribution in [2.24, 2.45) is 0 Å². The topological polar surface area (TPSA) is 99.5 Å². The molecule has 0 saturated carbocycles. The summed E-state index contributed by atoms with van der Waals surface area (Å²) in [6.45, 7) is 0.253. The van der Waals surface area contributed by atoms with Gasteiger partial charge in [0.25, 0.3) is 5.91 Å². The van der Waals surface area contributed by atoms with Gasteiger partial charge in [0, 0.05) is 25.8 Å². The minimum Gasteiger partial charge on any atom is -0.489 e. The Kier molecular flexibility index (Phi) is 7.15. The maximum Gasteiger partial charge on any atom is 0.257 e. The van der Waals surface area contributed by atoms with E-state index in [1.54, 1.807) is 42.5 Å². The van der Waals surface area contributed by atoms with Crippen molar-refractivity contribution in [3.8, 4) is 11.8 Å². The Bertz CT molecular complexity index is 1300. The summed E-state index contributed by atoms with van der Waals surface area (Å²) in [4.78, 5) is 12.7. The molecule has 32 heavy (non-hydrogen) atoms. The van der Waals surface area contributed by atoms with Crippen LogP contribution in [0.15, 0.2) is 71.6 Å². The van der Waals surface area contributed by atoms with Crippen LogP contribution in [0.5, 0.6) is 5.75 Å². The molecule has 0 fully saturated rings. The van der Waals surface area contributed by atoms with E-state index in [1.165, 1.54) is 32.3 Å². The van der Waals surface area contributed by atoms with Crippen molar-refractivity contribution < 1.29 is 17.9 Å². The van der Waals surface area contributed by atoms with Gasteiger partial charge in [-0.2, -0.15) is 5.26 Å². The Hall–Kier alpha value is -3.38. The lowest BCUT2D eigenvalue weighted by Crippen LogP contribution is -2.23. The van der Waals surface area contributed by atoms with E-state index in [9.17, 15) is 13.2 Å². The van der Waals surface area contributed by atoms with Crippen LogP contribution in [-0.2, 0) is 16.6 Å². The van der Waals surface area contributed by atoms with Gasteiger partial charge in [0.2, 0.25) is 10.0 Å². The largest absolute Gasteiger partial charge is 0.489 e. The minimum atomic E-state index is -3.71. The quantitative estimate of drug-likeness (QED) is 0.556. The van der Waals surface area contributed by atoms with Crippen LogP contribution in [0, 0.1) is 11.3 Å². The number of nitrogens with one attached hydrogen (secondary N) is 1. The molecule has 0 bridgehead atoms. The molecule has 3 rings (SSSR count). The molecule has 0 unspecified atom stereocenters. The van der Waals surface area contributed by atoms with Gasteiger partial charge < -0.3 is 10.1 Å². The zero-order valence-electron chi connectivity index (χ0n) is 17.4. The summed E-state index contributed by atoms with van der Waals surface area (Å²) in [5.74, 6) is -0.0372. The third-order valence-corrected chi connectivity index (χ3v) is 6.66. The van der Waals surface area contributed by atoms with Crippen LogP contribution in [-0.4, -0.2) is 32.7 Å². The fourth-order valence-corrected chi connectivity index (χ4v) is 3.94. The summed E-state index contributed by atoms with van der Waals surface area (Å²) in [5.41, 5.74) is 1.87. The summed E-state index contributed by atoms with van der Waals surface area (Å²) >= 11 is 6.14. The Balaban J connectivity index is 1.75. The van der Waals surface area contributed by atoms with Crippen LogP contribution in [0.4, 0.5) is 5.69 Å². The van der Waals surface area contributed by atoms with Crippen LogP contribution in [0.3, 0.4) is 0 Å². The predicted octanol–water partition coefficient (Wildman–Crippen LogP) is 4.29. The number of rotatable bonds is 7. The molecule has 0 aliphatic carbocycles. The summed E-state index contributed by atoms with van der Waals surface area (Å²) in [7, 11) is -0.897. The molecule has 9 heteroatoms. The number of amides is 1. The molecule has 0 aromatic heterocycles. The SMILES string of the molecule is CN(C)S(=O)(=O)c1ccc(Cl)c(C(=O)Nc2cccc(OCc3cccc(C#N)c3)c2)c1. The number of nitriles is 1. The molecule has 0 heterocycles. The molecule has 1 amide bonds. The van der Waals surface area contributed by atoms with Crippen molar-refractivity contribution in [2.75, 3.05) is 19.4 Å². The van der Waals surface area contributed by atoms with Crippen molar-refractivity contribution >= 4 is 33.2 Å². The van der Waals surface area contributed by atoms with Crippen molar-refractivity contribution in [3.05, 3.63) is 88.4 Å². The van der Waals surface area contributed by atoms with E-state index in [-0.39, 0.29) is 22.1 Å². The standard InChI is InChI=1S/C23H20ClN3O4S/c1-27(2)32(29,30)20-9-10-22(24)21(13-20)23(28)26-18-7-4-8-19(12-18)31-15-17-6-3-5-16(11-17)14-25/h3-13H,15H2,1-2H3,(H,26,28). The van der Waals surface area contributed by atoms with E-state index in [4.69, 9.17) is 21.6 Å². The number of benzene rings is 3. The zero-order valence-corrected chi connectivity index (χ0v) is 18.9. The zero-order chi connectivity index (χ0) is 23.3. The van der Waals surface area contributed by atoms with E-state index >= 15 is 0 Å². The minimum absolute atomic E-state index is 0.0336. The molecule has 0 saturated heterocycles. The van der Waals surface area contributed by atoms with Gasteiger partial charge in [-0.25, -0.2) is 12.7 Å². The third kappa shape index (κ3) is 5.45. The van der Waals surface area contributed by atoms with Crippen LogP contribution in [0.2, 0.25) is 5.02 Å². The Morgan fingerprint density at radius 2 is 1.84 bits per heavy atom. The molecular formula is C23H20ClN3O4S. The van der Waals surface area contributed by atoms with Crippen molar-refractivity contribution in [3.63, 3.8) is 0 Å². The Labute approximate surface area is 191 Å². The lowest BCUT2D eigenvalue weighted by atomic mass is 10.1. The Morgan fingerprint density at radius 1 is 1.09 bits per heavy atom. The first-order valence-electron chi connectivity index (χ1n) is 9.46. The highest BCUT2D eigenvalue weighted by atomic mass is 35.5. The van der Waals surface area contributed by atoms with Gasteiger partial charge in [0.1, 0.15) is 12.4 Å². The van der Waals surface area contributed by atoms with Gasteiger partial charge in [0.05, 0.1) is 27.1 Å². The number of hydrogen-bond acceptors (Lipinski definition) is 5. The van der Waals surface area contributed by atoms with E-state index in [0.29, 0.717) is 17.0 Å². The summed E-state index contributed by atoms with van der Waals surface area (Å²) in [6.07, 6.45) is 0. The lowest BCUT2D eigenvalue weighted by Gasteiger charge is -2.13. The number of halogens is 1. The van der Waals surface area contributed by atoms with Gasteiger partial charge in [-0.1, -0.05) is 29.8 Å². The number of sulfonamides is 1. The van der Waals surface area contributed by atoms with Crippen molar-refractivity contribution in [2.45, 2.75) is 11.5 Å². The van der Waals surface area contributed by atoms with Gasteiger partial charge in [-0.15, -0.1) is 0 Å². The first kappa shape index (κ1) is 23.3. The van der Waals surface area contributed by atoms with Crippen molar-refractivity contribution in [1.82, 2.24) is 4.31 Å². The van der Waals surface area contributed by atoms with Crippen molar-refractivity contribution in [1.29, 1.82) is 5.26 Å². The summed E-state index contributed by atoms with van der Waals surface area (Å²) < 4.78 is 31.6.